The third-order valence-corrected chi connectivity index (χ3v) is 7.08. The number of halogens is 1. The lowest BCUT2D eigenvalue weighted by molar-refractivity contribution is -0.117. The van der Waals surface area contributed by atoms with Gasteiger partial charge in [-0.05, 0) is 11.5 Å². The second kappa shape index (κ2) is 9.31. The molecular formula is C26H27ClO7. The Bertz CT molecular complexity index is 1160. The van der Waals surface area contributed by atoms with Gasteiger partial charge in [0, 0.05) is 37.5 Å². The van der Waals surface area contributed by atoms with E-state index in [0.717, 1.165) is 5.56 Å². The number of phenols is 1. The van der Waals surface area contributed by atoms with Gasteiger partial charge < -0.3 is 24.4 Å². The highest BCUT2D eigenvalue weighted by Crippen LogP contribution is 2.53. The number of carbonyl (C=O) groups is 2. The van der Waals surface area contributed by atoms with Gasteiger partial charge in [0.15, 0.2) is 17.3 Å². The van der Waals surface area contributed by atoms with Crippen molar-refractivity contribution < 1.29 is 34.0 Å². The smallest absolute Gasteiger partial charge is 0.181 e. The number of hydrogen-bond donors (Lipinski definition) is 2. The quantitative estimate of drug-likeness (QED) is 0.558. The van der Waals surface area contributed by atoms with Gasteiger partial charge >= 0.3 is 0 Å². The predicted octanol–water partition coefficient (Wildman–Crippen LogP) is 4.42. The van der Waals surface area contributed by atoms with Crippen LogP contribution in [0.3, 0.4) is 0 Å². The van der Waals surface area contributed by atoms with Crippen molar-refractivity contribution in [2.24, 2.45) is 11.8 Å². The van der Waals surface area contributed by atoms with Crippen LogP contribution < -0.4 is 9.47 Å². The summed E-state index contributed by atoms with van der Waals surface area (Å²) in [5.74, 6) is -1.63. The fourth-order valence-electron chi connectivity index (χ4n) is 5.01. The summed E-state index contributed by atoms with van der Waals surface area (Å²) in [7, 11) is 2.77. The number of ether oxygens (including phenoxy) is 3. The van der Waals surface area contributed by atoms with Crippen LogP contribution in [0.15, 0.2) is 47.7 Å². The summed E-state index contributed by atoms with van der Waals surface area (Å²) in [6.07, 6.45) is 0.680. The second-order valence-corrected chi connectivity index (χ2v) is 9.10. The van der Waals surface area contributed by atoms with Crippen LogP contribution in [-0.2, 0) is 15.1 Å². The summed E-state index contributed by atoms with van der Waals surface area (Å²) in [5, 5.41) is 20.5. The minimum Gasteiger partial charge on any atom is -0.505 e. The molecule has 8 heteroatoms. The van der Waals surface area contributed by atoms with E-state index < -0.39 is 23.1 Å². The SMILES string of the molecule is COc1cc(OC)c(C(=O)C2C3=C(CC(CCO)(c4ccccc4)O3)C(=O)CC2C)c(O)c1Cl. The molecule has 0 saturated carbocycles. The summed E-state index contributed by atoms with van der Waals surface area (Å²) in [6, 6.07) is 10.8. The lowest BCUT2D eigenvalue weighted by atomic mass is 9.74. The number of aliphatic hydroxyl groups excluding tert-OH is 1. The number of allylic oxidation sites excluding steroid dienone is 1. The maximum atomic E-state index is 13.9. The molecule has 0 amide bonds. The number of benzene rings is 2. The highest BCUT2D eigenvalue weighted by atomic mass is 35.5. The number of Topliss-reactive ketones (excluding diaryl/α,β-unsaturated/α-hetero) is 2. The molecule has 1 aliphatic heterocycles. The van der Waals surface area contributed by atoms with Crippen molar-refractivity contribution in [1.82, 2.24) is 0 Å². The number of aliphatic hydroxyl groups is 1. The molecule has 0 spiro atoms. The van der Waals surface area contributed by atoms with E-state index in [1.165, 1.54) is 20.3 Å². The van der Waals surface area contributed by atoms with Gasteiger partial charge in [0.05, 0.1) is 20.1 Å². The topological polar surface area (TPSA) is 102 Å². The Morgan fingerprint density at radius 3 is 2.50 bits per heavy atom. The van der Waals surface area contributed by atoms with E-state index in [1.54, 1.807) is 6.92 Å². The molecule has 2 N–H and O–H groups in total. The van der Waals surface area contributed by atoms with Crippen LogP contribution in [0, 0.1) is 11.8 Å². The molecule has 2 aromatic rings. The second-order valence-electron chi connectivity index (χ2n) is 8.72. The first-order valence-corrected chi connectivity index (χ1v) is 11.4. The molecule has 3 atom stereocenters. The average molecular weight is 487 g/mol. The Hall–Kier alpha value is -3.03. The maximum Gasteiger partial charge on any atom is 0.181 e. The predicted molar refractivity (Wildman–Crippen MR) is 125 cm³/mol. The first-order chi connectivity index (χ1) is 16.3. The molecule has 0 saturated heterocycles. The fourth-order valence-corrected chi connectivity index (χ4v) is 5.23. The fraction of sp³-hybridized carbons (Fsp3) is 0.385. The summed E-state index contributed by atoms with van der Waals surface area (Å²) in [6.45, 7) is 1.65. The number of methoxy groups -OCH3 is 2. The first kappa shape index (κ1) is 24.1. The van der Waals surface area contributed by atoms with E-state index in [9.17, 15) is 19.8 Å². The Labute approximate surface area is 202 Å². The molecule has 1 aliphatic carbocycles. The molecule has 2 aliphatic rings. The summed E-state index contributed by atoms with van der Waals surface area (Å²) in [5.41, 5.74) is 0.224. The molecule has 4 rings (SSSR count). The van der Waals surface area contributed by atoms with Crippen molar-refractivity contribution in [2.45, 2.75) is 31.8 Å². The molecular weight excluding hydrogens is 460 g/mol. The van der Waals surface area contributed by atoms with Gasteiger partial charge in [-0.25, -0.2) is 0 Å². The van der Waals surface area contributed by atoms with Gasteiger partial charge in [-0.1, -0.05) is 48.9 Å². The molecule has 1 heterocycles. The number of ketones is 2. The molecule has 7 nitrogen and oxygen atoms in total. The molecule has 0 radical (unpaired) electrons. The van der Waals surface area contributed by atoms with Gasteiger partial charge in [0.1, 0.15) is 33.4 Å². The minimum absolute atomic E-state index is 0.0775. The van der Waals surface area contributed by atoms with Gasteiger partial charge in [-0.3, -0.25) is 9.59 Å². The zero-order valence-electron chi connectivity index (χ0n) is 19.3. The largest absolute Gasteiger partial charge is 0.505 e. The van der Waals surface area contributed by atoms with Crippen molar-refractivity contribution in [2.75, 3.05) is 20.8 Å². The minimum atomic E-state index is -0.956. The molecule has 2 aromatic carbocycles. The summed E-state index contributed by atoms with van der Waals surface area (Å²) >= 11 is 6.24. The third kappa shape index (κ3) is 3.83. The Morgan fingerprint density at radius 2 is 1.88 bits per heavy atom. The van der Waals surface area contributed by atoms with E-state index in [-0.39, 0.29) is 59.7 Å². The standard InChI is InChI=1S/C26H27ClO7/c1-14-11-17(29)16-13-26(9-10-28,15-7-5-4-6-8-15)34-25(16)20(14)23(30)21-18(32-2)12-19(33-3)22(27)24(21)31/h4-8,12,14,20,28,31H,9-11,13H2,1-3H3. The van der Waals surface area contributed by atoms with Gasteiger partial charge in [-0.2, -0.15) is 0 Å². The first-order valence-electron chi connectivity index (χ1n) is 11.1. The Balaban J connectivity index is 1.82. The van der Waals surface area contributed by atoms with E-state index in [4.69, 9.17) is 25.8 Å². The van der Waals surface area contributed by atoms with Gasteiger partial charge in [0.2, 0.25) is 0 Å². The third-order valence-electron chi connectivity index (χ3n) is 6.71. The van der Waals surface area contributed by atoms with Crippen LogP contribution in [-0.4, -0.2) is 42.6 Å². The van der Waals surface area contributed by atoms with Crippen LogP contribution in [0.25, 0.3) is 0 Å². The Kier molecular flexibility index (Phi) is 6.60. The van der Waals surface area contributed by atoms with Crippen LogP contribution >= 0.6 is 11.6 Å². The summed E-state index contributed by atoms with van der Waals surface area (Å²) in [4.78, 5) is 26.9. The highest BCUT2D eigenvalue weighted by Gasteiger charge is 2.51. The Morgan fingerprint density at radius 1 is 1.21 bits per heavy atom. The lowest BCUT2D eigenvalue weighted by Gasteiger charge is -2.33. The van der Waals surface area contributed by atoms with Crippen LogP contribution in [0.1, 0.15) is 42.1 Å². The van der Waals surface area contributed by atoms with Crippen molar-refractivity contribution in [1.29, 1.82) is 0 Å². The number of aromatic hydroxyl groups is 1. The van der Waals surface area contributed by atoms with Crippen LogP contribution in [0.4, 0.5) is 0 Å². The number of carbonyl (C=O) groups excluding carboxylic acids is 2. The molecule has 180 valence electrons. The van der Waals surface area contributed by atoms with Crippen molar-refractivity contribution in [3.8, 4) is 17.2 Å². The number of phenolic OH excluding ortho intramolecular Hbond substituents is 1. The lowest BCUT2D eigenvalue weighted by Crippen LogP contribution is -2.33. The molecule has 0 fully saturated rings. The molecule has 34 heavy (non-hydrogen) atoms. The van der Waals surface area contributed by atoms with Gasteiger partial charge in [0.25, 0.3) is 0 Å². The number of rotatable bonds is 7. The van der Waals surface area contributed by atoms with Crippen molar-refractivity contribution in [3.05, 3.63) is 63.9 Å². The normalized spacial score (nSPS) is 24.0. The number of hydrogen-bond acceptors (Lipinski definition) is 7. The molecule has 0 bridgehead atoms. The zero-order chi connectivity index (χ0) is 24.6. The molecule has 3 unspecified atom stereocenters. The zero-order valence-corrected chi connectivity index (χ0v) is 20.0. The van der Waals surface area contributed by atoms with Crippen LogP contribution in [0.5, 0.6) is 17.2 Å². The average Bonchev–Trinajstić information content (AvgIpc) is 3.22. The maximum absolute atomic E-state index is 13.9. The molecule has 0 aromatic heterocycles. The van der Waals surface area contributed by atoms with Crippen molar-refractivity contribution in [3.63, 3.8) is 0 Å². The highest BCUT2D eigenvalue weighted by molar-refractivity contribution is 6.34. The van der Waals surface area contributed by atoms with E-state index >= 15 is 0 Å². The van der Waals surface area contributed by atoms with E-state index in [2.05, 4.69) is 0 Å². The van der Waals surface area contributed by atoms with E-state index in [1.807, 2.05) is 30.3 Å². The monoisotopic (exact) mass is 486 g/mol. The summed E-state index contributed by atoms with van der Waals surface area (Å²) < 4.78 is 17.0. The van der Waals surface area contributed by atoms with Crippen LogP contribution in [0.2, 0.25) is 5.02 Å². The van der Waals surface area contributed by atoms with Gasteiger partial charge in [-0.15, -0.1) is 0 Å². The van der Waals surface area contributed by atoms with E-state index in [0.29, 0.717) is 11.3 Å². The van der Waals surface area contributed by atoms with Crippen molar-refractivity contribution >= 4 is 23.2 Å².